The number of halogens is 5. The maximum absolute atomic E-state index is 14.1. The Bertz CT molecular complexity index is 1560. The second-order valence-corrected chi connectivity index (χ2v) is 13.9. The van der Waals surface area contributed by atoms with Crippen molar-refractivity contribution in [3.05, 3.63) is 65.0 Å². The molecule has 0 bridgehead atoms. The Kier molecular flexibility index (Phi) is 17.3. The van der Waals surface area contributed by atoms with Crippen LogP contribution in [-0.2, 0) is 39.9 Å². The molecular formula is C37H48F5N3O8. The predicted octanol–water partition coefficient (Wildman–Crippen LogP) is 5.15. The van der Waals surface area contributed by atoms with Crippen molar-refractivity contribution in [1.29, 1.82) is 0 Å². The first-order valence-corrected chi connectivity index (χ1v) is 17.2. The molecule has 294 valence electrons. The topological polar surface area (TPSA) is 154 Å². The van der Waals surface area contributed by atoms with E-state index in [0.29, 0.717) is 12.0 Å². The minimum Gasteiger partial charge on any atom is -0.451 e. The van der Waals surface area contributed by atoms with Gasteiger partial charge in [0.2, 0.25) is 40.7 Å². The van der Waals surface area contributed by atoms with Gasteiger partial charge < -0.3 is 30.2 Å². The van der Waals surface area contributed by atoms with E-state index in [0.717, 1.165) is 4.90 Å². The second-order valence-electron chi connectivity index (χ2n) is 13.9. The second kappa shape index (κ2) is 20.6. The lowest BCUT2D eigenvalue weighted by Crippen LogP contribution is -2.53. The van der Waals surface area contributed by atoms with Crippen molar-refractivity contribution in [1.82, 2.24) is 10.2 Å². The number of carbonyl (C=O) groups excluding carboxylic acids is 5. The summed E-state index contributed by atoms with van der Waals surface area (Å²) in [4.78, 5) is 66.8. The molecule has 16 heteroatoms. The van der Waals surface area contributed by atoms with E-state index in [1.165, 1.54) is 7.05 Å². The van der Waals surface area contributed by atoms with E-state index in [4.69, 9.17) is 15.2 Å². The molecule has 0 radical (unpaired) electrons. The fourth-order valence-corrected chi connectivity index (χ4v) is 5.17. The highest BCUT2D eigenvalue weighted by Gasteiger charge is 2.36. The molecule has 0 fully saturated rings. The van der Waals surface area contributed by atoms with Gasteiger partial charge in [-0.1, -0.05) is 71.9 Å². The first-order chi connectivity index (χ1) is 24.7. The van der Waals surface area contributed by atoms with Crippen molar-refractivity contribution < 1.29 is 60.1 Å². The van der Waals surface area contributed by atoms with Crippen molar-refractivity contribution in [3.63, 3.8) is 0 Å². The van der Waals surface area contributed by atoms with Gasteiger partial charge in [-0.25, -0.2) is 18.0 Å². The minimum atomic E-state index is -2.45. The highest BCUT2D eigenvalue weighted by atomic mass is 19.2. The Labute approximate surface area is 305 Å². The highest BCUT2D eigenvalue weighted by molar-refractivity contribution is 5.91. The summed E-state index contributed by atoms with van der Waals surface area (Å²) in [5, 5.41) is 2.55. The van der Waals surface area contributed by atoms with Crippen LogP contribution in [0, 0.1) is 46.8 Å². The number of rotatable bonds is 19. The number of amides is 2. The molecule has 0 aliphatic rings. The first-order valence-electron chi connectivity index (χ1n) is 17.2. The summed E-state index contributed by atoms with van der Waals surface area (Å²) < 4.78 is 84.2. The summed E-state index contributed by atoms with van der Waals surface area (Å²) in [6.45, 7) is 10.3. The highest BCUT2D eigenvalue weighted by Crippen LogP contribution is 2.30. The smallest absolute Gasteiger partial charge is 0.353 e. The SMILES string of the molecule is CC(C)C[C@H](OC(=O)[C@@H](N)CC(C)C)C(=O)N(C)[C@@H](Cc1ccccc1)C(=O)NCCC(=O)O[C@H](CC(C)C)C(=O)Oc1c(F)c(F)c(F)c(F)c1F. The zero-order chi connectivity index (χ0) is 40.2. The summed E-state index contributed by atoms with van der Waals surface area (Å²) in [6, 6.07) is 6.63. The quantitative estimate of drug-likeness (QED) is 0.0651. The van der Waals surface area contributed by atoms with Crippen LogP contribution in [0.1, 0.15) is 72.8 Å². The number of ether oxygens (including phenoxy) is 3. The Morgan fingerprint density at radius 1 is 0.717 bits per heavy atom. The van der Waals surface area contributed by atoms with Crippen molar-refractivity contribution in [2.75, 3.05) is 13.6 Å². The number of likely N-dealkylation sites (N-methyl/N-ethyl adjacent to an activating group) is 1. The average molecular weight is 758 g/mol. The molecule has 4 atom stereocenters. The summed E-state index contributed by atoms with van der Waals surface area (Å²) in [7, 11) is 1.38. The summed E-state index contributed by atoms with van der Waals surface area (Å²) in [5.74, 6) is -18.8. The van der Waals surface area contributed by atoms with Crippen molar-refractivity contribution in [3.8, 4) is 5.75 Å². The normalized spacial score (nSPS) is 13.7. The fraction of sp³-hybridized carbons (Fsp3) is 0.541. The molecule has 0 saturated heterocycles. The van der Waals surface area contributed by atoms with E-state index >= 15 is 0 Å². The van der Waals surface area contributed by atoms with E-state index in [1.54, 1.807) is 44.2 Å². The minimum absolute atomic E-state index is 0.0363. The predicted molar refractivity (Wildman–Crippen MR) is 182 cm³/mol. The van der Waals surface area contributed by atoms with Crippen LogP contribution in [0.5, 0.6) is 5.75 Å². The lowest BCUT2D eigenvalue weighted by Gasteiger charge is -2.31. The third-order valence-corrected chi connectivity index (χ3v) is 7.86. The molecule has 2 rings (SSSR count). The molecule has 2 amide bonds. The van der Waals surface area contributed by atoms with Gasteiger partial charge in [0.05, 0.1) is 6.42 Å². The van der Waals surface area contributed by atoms with Crippen LogP contribution in [0.25, 0.3) is 0 Å². The number of nitrogens with one attached hydrogen (secondary N) is 1. The summed E-state index contributed by atoms with van der Waals surface area (Å²) in [6.07, 6.45) is -3.31. The van der Waals surface area contributed by atoms with E-state index < -0.39 is 95.3 Å². The molecule has 11 nitrogen and oxygen atoms in total. The number of hydrogen-bond donors (Lipinski definition) is 2. The lowest BCUT2D eigenvalue weighted by molar-refractivity contribution is -0.164. The number of benzene rings is 2. The molecule has 0 heterocycles. The monoisotopic (exact) mass is 757 g/mol. The zero-order valence-electron chi connectivity index (χ0n) is 30.9. The third kappa shape index (κ3) is 13.4. The van der Waals surface area contributed by atoms with Gasteiger partial charge in [0.1, 0.15) is 12.1 Å². The van der Waals surface area contributed by atoms with E-state index in [9.17, 15) is 45.9 Å². The number of nitrogens with two attached hydrogens (primary N) is 1. The van der Waals surface area contributed by atoms with Crippen LogP contribution >= 0.6 is 0 Å². The molecule has 0 aliphatic carbocycles. The number of esters is 3. The number of carbonyl (C=O) groups is 5. The average Bonchev–Trinajstić information content (AvgIpc) is 3.09. The Hall–Kier alpha value is -4.60. The summed E-state index contributed by atoms with van der Waals surface area (Å²) >= 11 is 0. The zero-order valence-corrected chi connectivity index (χ0v) is 30.9. The van der Waals surface area contributed by atoms with E-state index in [2.05, 4.69) is 10.1 Å². The van der Waals surface area contributed by atoms with Gasteiger partial charge in [-0.3, -0.25) is 19.2 Å². The largest absolute Gasteiger partial charge is 0.451 e. The molecule has 0 unspecified atom stereocenters. The molecule has 2 aromatic carbocycles. The Morgan fingerprint density at radius 2 is 1.23 bits per heavy atom. The standard InChI is InChI=1S/C37H48F5N3O8/c1-19(2)15-23(43)36(49)52-25(16-20(3)4)35(48)45(7)24(18-22-11-9-8-10-12-22)34(47)44-14-13-27(46)51-26(17-21(5)6)37(50)53-33-31(41)29(39)28(38)30(40)32(33)42/h8-12,19-21,23-26H,13-18,43H2,1-7H3,(H,44,47)/t23-,24-,25-,26+/m0/s1. The van der Waals surface area contributed by atoms with Gasteiger partial charge in [0.25, 0.3) is 5.91 Å². The summed E-state index contributed by atoms with van der Waals surface area (Å²) in [5.41, 5.74) is 6.69. The molecule has 3 N–H and O–H groups in total. The van der Waals surface area contributed by atoms with Gasteiger partial charge in [-0.15, -0.1) is 0 Å². The van der Waals surface area contributed by atoms with Crippen molar-refractivity contribution >= 4 is 29.7 Å². The molecule has 0 spiro atoms. The van der Waals surface area contributed by atoms with Gasteiger partial charge in [-0.2, -0.15) is 8.78 Å². The van der Waals surface area contributed by atoms with Crippen LogP contribution in [0.4, 0.5) is 22.0 Å². The van der Waals surface area contributed by atoms with Gasteiger partial charge in [0.15, 0.2) is 12.2 Å². The van der Waals surface area contributed by atoms with Crippen LogP contribution in [0.2, 0.25) is 0 Å². The molecule has 53 heavy (non-hydrogen) atoms. The maximum atomic E-state index is 14.1. The van der Waals surface area contributed by atoms with Crippen LogP contribution < -0.4 is 15.8 Å². The number of hydrogen-bond acceptors (Lipinski definition) is 9. The molecule has 2 aromatic rings. The van der Waals surface area contributed by atoms with Crippen LogP contribution in [-0.4, -0.2) is 72.5 Å². The first kappa shape index (κ1) is 44.6. The third-order valence-electron chi connectivity index (χ3n) is 7.86. The van der Waals surface area contributed by atoms with Gasteiger partial charge in [-0.05, 0) is 42.6 Å². The van der Waals surface area contributed by atoms with Gasteiger partial charge >= 0.3 is 17.9 Å². The van der Waals surface area contributed by atoms with Crippen molar-refractivity contribution in [2.45, 2.75) is 97.9 Å². The Balaban J connectivity index is 2.20. The molecule has 0 aliphatic heterocycles. The molecule has 0 saturated carbocycles. The Morgan fingerprint density at radius 3 is 1.75 bits per heavy atom. The van der Waals surface area contributed by atoms with E-state index in [1.807, 2.05) is 27.7 Å². The lowest BCUT2D eigenvalue weighted by atomic mass is 10.0. The number of nitrogens with zero attached hydrogens (tertiary/aromatic N) is 1. The molecule has 0 aromatic heterocycles. The van der Waals surface area contributed by atoms with Crippen molar-refractivity contribution in [2.24, 2.45) is 23.5 Å². The maximum Gasteiger partial charge on any atom is 0.353 e. The van der Waals surface area contributed by atoms with E-state index in [-0.39, 0.29) is 43.6 Å². The molecular weight excluding hydrogens is 709 g/mol. The van der Waals surface area contributed by atoms with Crippen LogP contribution in [0.15, 0.2) is 30.3 Å². The van der Waals surface area contributed by atoms with Crippen LogP contribution in [0.3, 0.4) is 0 Å². The van der Waals surface area contributed by atoms with Gasteiger partial charge in [0, 0.05) is 20.0 Å². The fourth-order valence-electron chi connectivity index (χ4n) is 5.17.